The van der Waals surface area contributed by atoms with E-state index in [-0.39, 0.29) is 0 Å². The molecule has 0 aromatic carbocycles. The van der Waals surface area contributed by atoms with E-state index in [1.165, 1.54) is 57.9 Å². The molecule has 0 spiro atoms. The first kappa shape index (κ1) is 13.0. The van der Waals surface area contributed by atoms with Crippen molar-refractivity contribution in [3.8, 4) is 0 Å². The monoisotopic (exact) mass is 211 g/mol. The maximum Gasteiger partial charge on any atom is 0.00646 e. The highest BCUT2D eigenvalue weighted by Gasteiger charge is 2.28. The van der Waals surface area contributed by atoms with Crippen LogP contribution < -0.4 is 5.32 Å². The minimum Gasteiger partial charge on any atom is -0.313 e. The van der Waals surface area contributed by atoms with E-state index in [4.69, 9.17) is 0 Å². The predicted octanol–water partition coefficient (Wildman–Crippen LogP) is 4.13. The molecule has 1 atom stereocenters. The zero-order chi connectivity index (χ0) is 11.1. The summed E-state index contributed by atoms with van der Waals surface area (Å²) >= 11 is 0. The third kappa shape index (κ3) is 4.55. The molecule has 0 aliphatic heterocycles. The van der Waals surface area contributed by atoms with Gasteiger partial charge in [0.25, 0.3) is 0 Å². The number of nitrogens with one attached hydrogen (secondary N) is 1. The average Bonchev–Trinajstić information content (AvgIpc) is 2.66. The van der Waals surface area contributed by atoms with Crippen LogP contribution in [0.25, 0.3) is 0 Å². The molecule has 0 saturated heterocycles. The van der Waals surface area contributed by atoms with Crippen LogP contribution in [0, 0.1) is 5.41 Å². The molecule has 1 aliphatic rings. The van der Waals surface area contributed by atoms with E-state index in [9.17, 15) is 0 Å². The summed E-state index contributed by atoms with van der Waals surface area (Å²) in [6.45, 7) is 8.30. The third-order valence-electron chi connectivity index (χ3n) is 4.03. The van der Waals surface area contributed by atoms with Gasteiger partial charge in [-0.3, -0.25) is 0 Å². The molecule has 15 heavy (non-hydrogen) atoms. The maximum atomic E-state index is 3.79. The molecule has 1 saturated carbocycles. The Morgan fingerprint density at radius 1 is 1.20 bits per heavy atom. The van der Waals surface area contributed by atoms with Crippen molar-refractivity contribution in [1.82, 2.24) is 5.32 Å². The fourth-order valence-electron chi connectivity index (χ4n) is 2.70. The molecule has 1 N–H and O–H groups in total. The van der Waals surface area contributed by atoms with Crippen molar-refractivity contribution in [3.63, 3.8) is 0 Å². The van der Waals surface area contributed by atoms with Gasteiger partial charge in [0.1, 0.15) is 0 Å². The molecule has 1 nitrogen and oxygen atoms in total. The summed E-state index contributed by atoms with van der Waals surface area (Å²) in [5, 5.41) is 3.79. The van der Waals surface area contributed by atoms with E-state index >= 15 is 0 Å². The first-order chi connectivity index (χ1) is 7.20. The standard InChI is InChI=1S/C14H29N/c1-4-6-9-13(5-2)15-12-14(3)10-7-8-11-14/h13,15H,4-12H2,1-3H3. The lowest BCUT2D eigenvalue weighted by atomic mass is 9.88. The van der Waals surface area contributed by atoms with Crippen molar-refractivity contribution in [2.24, 2.45) is 5.41 Å². The fraction of sp³-hybridized carbons (Fsp3) is 1.00. The minimum absolute atomic E-state index is 0.611. The minimum atomic E-state index is 0.611. The van der Waals surface area contributed by atoms with Crippen molar-refractivity contribution in [3.05, 3.63) is 0 Å². The van der Waals surface area contributed by atoms with Gasteiger partial charge in [-0.1, -0.05) is 46.5 Å². The van der Waals surface area contributed by atoms with E-state index in [2.05, 4.69) is 26.1 Å². The van der Waals surface area contributed by atoms with E-state index in [1.54, 1.807) is 0 Å². The summed E-state index contributed by atoms with van der Waals surface area (Å²) in [5.41, 5.74) is 0.611. The van der Waals surface area contributed by atoms with Gasteiger partial charge in [-0.25, -0.2) is 0 Å². The molecule has 0 aromatic heterocycles. The van der Waals surface area contributed by atoms with Gasteiger partial charge in [-0.05, 0) is 31.1 Å². The molecule has 1 fully saturated rings. The molecule has 0 radical (unpaired) electrons. The number of unbranched alkanes of at least 4 members (excludes halogenated alkanes) is 1. The second-order valence-corrected chi connectivity index (χ2v) is 5.65. The molecule has 1 unspecified atom stereocenters. The van der Waals surface area contributed by atoms with Crippen LogP contribution in [0.2, 0.25) is 0 Å². The fourth-order valence-corrected chi connectivity index (χ4v) is 2.70. The largest absolute Gasteiger partial charge is 0.313 e. The van der Waals surface area contributed by atoms with Crippen LogP contribution in [0.3, 0.4) is 0 Å². The van der Waals surface area contributed by atoms with Gasteiger partial charge in [0.15, 0.2) is 0 Å². The Bertz CT molecular complexity index is 159. The van der Waals surface area contributed by atoms with Crippen molar-refractivity contribution >= 4 is 0 Å². The summed E-state index contributed by atoms with van der Waals surface area (Å²) in [5.74, 6) is 0. The molecule has 1 aliphatic carbocycles. The average molecular weight is 211 g/mol. The Morgan fingerprint density at radius 2 is 1.87 bits per heavy atom. The van der Waals surface area contributed by atoms with Crippen LogP contribution in [-0.2, 0) is 0 Å². The zero-order valence-electron chi connectivity index (χ0n) is 10.9. The van der Waals surface area contributed by atoms with Crippen LogP contribution in [-0.4, -0.2) is 12.6 Å². The first-order valence-electron chi connectivity index (χ1n) is 6.93. The highest BCUT2D eigenvalue weighted by Crippen LogP contribution is 2.36. The highest BCUT2D eigenvalue weighted by molar-refractivity contribution is 4.83. The Morgan fingerprint density at radius 3 is 2.40 bits per heavy atom. The van der Waals surface area contributed by atoms with Crippen molar-refractivity contribution in [1.29, 1.82) is 0 Å². The van der Waals surface area contributed by atoms with Gasteiger partial charge < -0.3 is 5.32 Å². The molecule has 0 bridgehead atoms. The molecular weight excluding hydrogens is 182 g/mol. The lowest BCUT2D eigenvalue weighted by molar-refractivity contribution is 0.288. The molecular formula is C14H29N. The second-order valence-electron chi connectivity index (χ2n) is 5.65. The molecule has 90 valence electrons. The summed E-state index contributed by atoms with van der Waals surface area (Å²) in [4.78, 5) is 0. The van der Waals surface area contributed by atoms with Crippen molar-refractivity contribution < 1.29 is 0 Å². The van der Waals surface area contributed by atoms with Gasteiger partial charge in [0.05, 0.1) is 0 Å². The molecule has 0 aromatic rings. The summed E-state index contributed by atoms with van der Waals surface area (Å²) in [6.07, 6.45) is 11.1. The summed E-state index contributed by atoms with van der Waals surface area (Å²) < 4.78 is 0. The predicted molar refractivity (Wildman–Crippen MR) is 68.2 cm³/mol. The number of hydrogen-bond acceptors (Lipinski definition) is 1. The molecule has 1 heteroatoms. The van der Waals surface area contributed by atoms with Crippen LogP contribution in [0.5, 0.6) is 0 Å². The topological polar surface area (TPSA) is 12.0 Å². The smallest absolute Gasteiger partial charge is 0.00646 e. The van der Waals surface area contributed by atoms with Crippen LogP contribution in [0.4, 0.5) is 0 Å². The summed E-state index contributed by atoms with van der Waals surface area (Å²) in [6, 6.07) is 0.766. The van der Waals surface area contributed by atoms with Crippen molar-refractivity contribution in [2.75, 3.05) is 6.54 Å². The Labute approximate surface area is 96.0 Å². The van der Waals surface area contributed by atoms with Gasteiger partial charge in [0.2, 0.25) is 0 Å². The Hall–Kier alpha value is -0.0400. The summed E-state index contributed by atoms with van der Waals surface area (Å²) in [7, 11) is 0. The second kappa shape index (κ2) is 6.52. The molecule has 0 amide bonds. The van der Waals surface area contributed by atoms with E-state index < -0.39 is 0 Å². The number of hydrogen-bond donors (Lipinski definition) is 1. The normalized spacial score (nSPS) is 21.8. The van der Waals surface area contributed by atoms with Crippen molar-refractivity contribution in [2.45, 2.75) is 78.2 Å². The Balaban J connectivity index is 2.20. The van der Waals surface area contributed by atoms with Gasteiger partial charge in [-0.2, -0.15) is 0 Å². The van der Waals surface area contributed by atoms with E-state index in [1.807, 2.05) is 0 Å². The maximum absolute atomic E-state index is 3.79. The van der Waals surface area contributed by atoms with E-state index in [0.29, 0.717) is 5.41 Å². The third-order valence-corrected chi connectivity index (χ3v) is 4.03. The van der Waals surface area contributed by atoms with Gasteiger partial charge >= 0.3 is 0 Å². The molecule has 0 heterocycles. The lowest BCUT2D eigenvalue weighted by Crippen LogP contribution is -2.36. The lowest BCUT2D eigenvalue weighted by Gasteiger charge is -2.27. The van der Waals surface area contributed by atoms with Crippen LogP contribution in [0.1, 0.15) is 72.1 Å². The quantitative estimate of drug-likeness (QED) is 0.668. The molecule has 1 rings (SSSR count). The number of rotatable bonds is 7. The Kier molecular flexibility index (Phi) is 5.66. The zero-order valence-corrected chi connectivity index (χ0v) is 10.9. The SMILES string of the molecule is CCCCC(CC)NCC1(C)CCCC1. The van der Waals surface area contributed by atoms with E-state index in [0.717, 1.165) is 6.04 Å². The van der Waals surface area contributed by atoms with Gasteiger partial charge in [-0.15, -0.1) is 0 Å². The first-order valence-corrected chi connectivity index (χ1v) is 6.93. The highest BCUT2D eigenvalue weighted by atomic mass is 14.9. The van der Waals surface area contributed by atoms with Crippen LogP contribution >= 0.6 is 0 Å². The van der Waals surface area contributed by atoms with Crippen LogP contribution in [0.15, 0.2) is 0 Å². The van der Waals surface area contributed by atoms with Gasteiger partial charge in [0, 0.05) is 12.6 Å².